The number of pyridine rings is 1. The smallest absolute Gasteiger partial charge is 0.152 e. The molecule has 122 valence electrons. The van der Waals surface area contributed by atoms with E-state index >= 15 is 0 Å². The fraction of sp³-hybridized carbons (Fsp3) is 0.500. The summed E-state index contributed by atoms with van der Waals surface area (Å²) < 4.78 is 33.8. The Labute approximate surface area is 134 Å². The van der Waals surface area contributed by atoms with Crippen LogP contribution in [-0.2, 0) is 4.74 Å². The molecule has 0 amide bonds. The first-order chi connectivity index (χ1) is 11.2. The van der Waals surface area contributed by atoms with Gasteiger partial charge in [0.15, 0.2) is 5.82 Å². The zero-order chi connectivity index (χ0) is 15.9. The Kier molecular flexibility index (Phi) is 3.68. The first-order valence-electron chi connectivity index (χ1n) is 8.30. The van der Waals surface area contributed by atoms with E-state index in [4.69, 9.17) is 4.74 Å². The van der Waals surface area contributed by atoms with E-state index in [0.29, 0.717) is 12.0 Å². The standard InChI is InChI=1S/C18H20F2N2O/c19-13-10-14-16(4-7-21-17(14)15(20)11-13)22-8-9-23-18(12-22)5-2-1-3-6-18/h4,7,10-11H,1-3,5-6,8-9,12H2. The summed E-state index contributed by atoms with van der Waals surface area (Å²) in [7, 11) is 0. The van der Waals surface area contributed by atoms with Crippen LogP contribution in [0, 0.1) is 11.6 Å². The van der Waals surface area contributed by atoms with Crippen LogP contribution in [0.15, 0.2) is 24.4 Å². The zero-order valence-corrected chi connectivity index (χ0v) is 13.0. The van der Waals surface area contributed by atoms with E-state index in [-0.39, 0.29) is 11.1 Å². The highest BCUT2D eigenvalue weighted by atomic mass is 19.1. The van der Waals surface area contributed by atoms with Gasteiger partial charge in [-0.15, -0.1) is 0 Å². The van der Waals surface area contributed by atoms with Crippen molar-refractivity contribution in [2.45, 2.75) is 37.7 Å². The number of rotatable bonds is 1. The topological polar surface area (TPSA) is 25.4 Å². The fourth-order valence-electron chi connectivity index (χ4n) is 3.99. The lowest BCUT2D eigenvalue weighted by Crippen LogP contribution is -2.53. The third kappa shape index (κ3) is 2.67. The summed E-state index contributed by atoms with van der Waals surface area (Å²) >= 11 is 0. The number of halogens is 2. The molecule has 0 unspecified atom stereocenters. The van der Waals surface area contributed by atoms with Crippen molar-refractivity contribution in [1.29, 1.82) is 0 Å². The Morgan fingerprint density at radius 3 is 2.78 bits per heavy atom. The molecular weight excluding hydrogens is 298 g/mol. The van der Waals surface area contributed by atoms with Crippen LogP contribution in [0.4, 0.5) is 14.5 Å². The molecule has 5 heteroatoms. The van der Waals surface area contributed by atoms with Gasteiger partial charge in [-0.1, -0.05) is 19.3 Å². The molecule has 23 heavy (non-hydrogen) atoms. The number of hydrogen-bond donors (Lipinski definition) is 0. The number of benzene rings is 1. The van der Waals surface area contributed by atoms with Crippen LogP contribution in [0.3, 0.4) is 0 Å². The maximum Gasteiger partial charge on any atom is 0.152 e. The van der Waals surface area contributed by atoms with E-state index < -0.39 is 11.6 Å². The van der Waals surface area contributed by atoms with Gasteiger partial charge in [-0.25, -0.2) is 8.78 Å². The maximum atomic E-state index is 14.0. The van der Waals surface area contributed by atoms with E-state index in [9.17, 15) is 8.78 Å². The number of nitrogens with zero attached hydrogens (tertiary/aromatic N) is 2. The minimum Gasteiger partial charge on any atom is -0.371 e. The van der Waals surface area contributed by atoms with E-state index in [1.165, 1.54) is 25.3 Å². The fourth-order valence-corrected chi connectivity index (χ4v) is 3.99. The van der Waals surface area contributed by atoms with E-state index in [1.54, 1.807) is 6.20 Å². The molecule has 1 aromatic carbocycles. The lowest BCUT2D eigenvalue weighted by Gasteiger charge is -2.46. The molecule has 0 bridgehead atoms. The second-order valence-electron chi connectivity index (χ2n) is 6.63. The molecule has 1 saturated carbocycles. The maximum absolute atomic E-state index is 14.0. The molecule has 1 aromatic heterocycles. The molecule has 2 fully saturated rings. The van der Waals surface area contributed by atoms with Gasteiger partial charge in [0.05, 0.1) is 12.2 Å². The average molecular weight is 318 g/mol. The van der Waals surface area contributed by atoms with Crippen molar-refractivity contribution in [2.75, 3.05) is 24.6 Å². The molecule has 4 rings (SSSR count). The van der Waals surface area contributed by atoms with Gasteiger partial charge < -0.3 is 9.64 Å². The highest BCUT2D eigenvalue weighted by Crippen LogP contribution is 2.37. The number of hydrogen-bond acceptors (Lipinski definition) is 3. The zero-order valence-electron chi connectivity index (χ0n) is 13.0. The van der Waals surface area contributed by atoms with Crippen molar-refractivity contribution in [2.24, 2.45) is 0 Å². The van der Waals surface area contributed by atoms with Crippen LogP contribution >= 0.6 is 0 Å². The van der Waals surface area contributed by atoms with Crippen molar-refractivity contribution < 1.29 is 13.5 Å². The van der Waals surface area contributed by atoms with Gasteiger partial charge in [-0.3, -0.25) is 4.98 Å². The highest BCUT2D eigenvalue weighted by Gasteiger charge is 2.38. The van der Waals surface area contributed by atoms with Gasteiger partial charge in [0.2, 0.25) is 0 Å². The second-order valence-corrected chi connectivity index (χ2v) is 6.63. The summed E-state index contributed by atoms with van der Waals surface area (Å²) in [5, 5.41) is 0.540. The minimum absolute atomic E-state index is 0.0992. The summed E-state index contributed by atoms with van der Waals surface area (Å²) in [6.07, 6.45) is 7.37. The van der Waals surface area contributed by atoms with Gasteiger partial charge in [0.25, 0.3) is 0 Å². The molecule has 1 aliphatic heterocycles. The van der Waals surface area contributed by atoms with Crippen LogP contribution in [-0.4, -0.2) is 30.3 Å². The van der Waals surface area contributed by atoms with E-state index in [1.807, 2.05) is 6.07 Å². The number of ether oxygens (including phenoxy) is 1. The summed E-state index contributed by atoms with van der Waals surface area (Å²) in [5.74, 6) is -1.17. The molecule has 2 heterocycles. The third-order valence-corrected chi connectivity index (χ3v) is 5.09. The van der Waals surface area contributed by atoms with Crippen molar-refractivity contribution >= 4 is 16.6 Å². The molecule has 3 nitrogen and oxygen atoms in total. The first kappa shape index (κ1) is 14.8. The predicted molar refractivity (Wildman–Crippen MR) is 85.6 cm³/mol. The number of fused-ring (bicyclic) bond motifs is 1. The van der Waals surface area contributed by atoms with Crippen molar-refractivity contribution in [3.8, 4) is 0 Å². The van der Waals surface area contributed by atoms with Crippen LogP contribution in [0.2, 0.25) is 0 Å². The number of morpholine rings is 1. The Morgan fingerprint density at radius 1 is 1.13 bits per heavy atom. The Balaban J connectivity index is 1.73. The highest BCUT2D eigenvalue weighted by molar-refractivity contribution is 5.92. The summed E-state index contributed by atoms with van der Waals surface area (Å²) in [4.78, 5) is 6.29. The van der Waals surface area contributed by atoms with Gasteiger partial charge in [-0.2, -0.15) is 0 Å². The molecule has 0 atom stereocenters. The Bertz CT molecular complexity index is 723. The second kappa shape index (κ2) is 5.71. The van der Waals surface area contributed by atoms with Gasteiger partial charge in [-0.05, 0) is 25.0 Å². The lowest BCUT2D eigenvalue weighted by atomic mass is 9.83. The number of anilines is 1. The predicted octanol–water partition coefficient (Wildman–Crippen LogP) is 4.05. The average Bonchev–Trinajstić information content (AvgIpc) is 2.55. The van der Waals surface area contributed by atoms with E-state index in [2.05, 4.69) is 9.88 Å². The molecule has 1 aliphatic carbocycles. The molecule has 2 aliphatic rings. The third-order valence-electron chi connectivity index (χ3n) is 5.09. The molecule has 2 aromatic rings. The molecule has 0 N–H and O–H groups in total. The lowest BCUT2D eigenvalue weighted by molar-refractivity contribution is -0.0781. The SMILES string of the molecule is Fc1cc(F)c2nccc(N3CCOC4(CCCCC4)C3)c2c1. The summed E-state index contributed by atoms with van der Waals surface area (Å²) in [6, 6.07) is 4.12. The van der Waals surface area contributed by atoms with Gasteiger partial charge in [0.1, 0.15) is 11.3 Å². The quantitative estimate of drug-likeness (QED) is 0.793. The largest absolute Gasteiger partial charge is 0.371 e. The normalized spacial score (nSPS) is 21.0. The summed E-state index contributed by atoms with van der Waals surface area (Å²) in [5.41, 5.74) is 0.979. The molecule has 0 radical (unpaired) electrons. The van der Waals surface area contributed by atoms with Crippen LogP contribution in [0.25, 0.3) is 10.9 Å². The van der Waals surface area contributed by atoms with E-state index in [0.717, 1.165) is 37.7 Å². The van der Waals surface area contributed by atoms with Gasteiger partial charge in [0, 0.05) is 36.4 Å². The van der Waals surface area contributed by atoms with Crippen molar-refractivity contribution in [1.82, 2.24) is 4.98 Å². The Hall–Kier alpha value is -1.75. The molecule has 1 spiro atoms. The monoisotopic (exact) mass is 318 g/mol. The van der Waals surface area contributed by atoms with Crippen molar-refractivity contribution in [3.05, 3.63) is 36.0 Å². The Morgan fingerprint density at radius 2 is 1.96 bits per heavy atom. The van der Waals surface area contributed by atoms with Crippen LogP contribution < -0.4 is 4.90 Å². The number of aromatic nitrogens is 1. The molecule has 1 saturated heterocycles. The molecular formula is C18H20F2N2O. The van der Waals surface area contributed by atoms with Crippen molar-refractivity contribution in [3.63, 3.8) is 0 Å². The first-order valence-corrected chi connectivity index (χ1v) is 8.30. The van der Waals surface area contributed by atoms with Crippen LogP contribution in [0.5, 0.6) is 0 Å². The van der Waals surface area contributed by atoms with Gasteiger partial charge >= 0.3 is 0 Å². The summed E-state index contributed by atoms with van der Waals surface area (Å²) in [6.45, 7) is 2.17. The van der Waals surface area contributed by atoms with Crippen LogP contribution in [0.1, 0.15) is 32.1 Å². The minimum atomic E-state index is -0.609.